The van der Waals surface area contributed by atoms with Gasteiger partial charge in [-0.25, -0.2) is 9.97 Å². The van der Waals surface area contributed by atoms with Gasteiger partial charge in [0.05, 0.1) is 12.2 Å². The molecule has 0 amide bonds. The fourth-order valence-electron chi connectivity index (χ4n) is 4.70. The number of nitrogens with one attached hydrogen (secondary N) is 2. The van der Waals surface area contributed by atoms with Gasteiger partial charge in [0.25, 0.3) is 0 Å². The van der Waals surface area contributed by atoms with E-state index in [1.54, 1.807) is 12.4 Å². The van der Waals surface area contributed by atoms with Gasteiger partial charge in [-0.15, -0.1) is 0 Å². The molecule has 5 heterocycles. The van der Waals surface area contributed by atoms with Gasteiger partial charge < -0.3 is 24.8 Å². The van der Waals surface area contributed by atoms with Gasteiger partial charge in [-0.2, -0.15) is 5.10 Å². The topological polar surface area (TPSA) is 95.4 Å². The predicted molar refractivity (Wildman–Crippen MR) is 133 cm³/mol. The molecule has 9 nitrogen and oxygen atoms in total. The van der Waals surface area contributed by atoms with Crippen LogP contribution in [0.4, 0.5) is 17.3 Å². The van der Waals surface area contributed by atoms with Crippen LogP contribution < -0.4 is 15.4 Å². The molecule has 2 N–H and O–H groups in total. The van der Waals surface area contributed by atoms with Crippen molar-refractivity contribution in [2.45, 2.75) is 56.5 Å². The van der Waals surface area contributed by atoms with Gasteiger partial charge in [-0.05, 0) is 50.7 Å². The summed E-state index contributed by atoms with van der Waals surface area (Å²) in [6.07, 6.45) is 12.0. The van der Waals surface area contributed by atoms with E-state index >= 15 is 0 Å². The lowest BCUT2D eigenvalue weighted by molar-refractivity contribution is 0.0839. The largest absolute Gasteiger partial charge is 0.454 e. The van der Waals surface area contributed by atoms with Crippen LogP contribution >= 0.6 is 0 Å². The average molecular weight is 477 g/mol. The van der Waals surface area contributed by atoms with E-state index in [4.69, 9.17) is 19.3 Å². The highest BCUT2D eigenvalue weighted by atomic mass is 16.5. The average Bonchev–Trinajstić information content (AvgIpc) is 3.66. The van der Waals surface area contributed by atoms with Crippen molar-refractivity contribution in [1.82, 2.24) is 19.7 Å². The highest BCUT2D eigenvalue weighted by Crippen LogP contribution is 2.40. The third kappa shape index (κ3) is 5.57. The molecule has 0 radical (unpaired) electrons. The summed E-state index contributed by atoms with van der Waals surface area (Å²) in [5.74, 6) is 3.51. The Labute approximate surface area is 205 Å². The van der Waals surface area contributed by atoms with Gasteiger partial charge in [-0.1, -0.05) is 0 Å². The number of aromatic nitrogens is 4. The molecule has 0 bridgehead atoms. The minimum absolute atomic E-state index is 0.372. The first-order chi connectivity index (χ1) is 17.3. The van der Waals surface area contributed by atoms with E-state index in [2.05, 4.69) is 31.5 Å². The van der Waals surface area contributed by atoms with Crippen LogP contribution in [-0.4, -0.2) is 52.2 Å². The summed E-state index contributed by atoms with van der Waals surface area (Å²) in [6.45, 7) is 3.15. The van der Waals surface area contributed by atoms with E-state index in [9.17, 15) is 0 Å². The van der Waals surface area contributed by atoms with E-state index in [1.807, 2.05) is 24.3 Å². The van der Waals surface area contributed by atoms with Crippen molar-refractivity contribution in [3.05, 3.63) is 48.5 Å². The lowest BCUT2D eigenvalue weighted by Crippen LogP contribution is -2.28. The maximum absolute atomic E-state index is 6.38. The second-order valence-electron chi connectivity index (χ2n) is 9.54. The zero-order valence-corrected chi connectivity index (χ0v) is 19.9. The smallest absolute Gasteiger partial charge is 0.168 e. The number of rotatable bonds is 8. The van der Waals surface area contributed by atoms with Gasteiger partial charge in [0.1, 0.15) is 23.1 Å². The summed E-state index contributed by atoms with van der Waals surface area (Å²) in [7, 11) is 0. The molecule has 1 saturated carbocycles. The third-order valence-corrected chi connectivity index (χ3v) is 6.82. The number of hydrogen-bond acceptors (Lipinski definition) is 8. The Morgan fingerprint density at radius 3 is 2.40 bits per heavy atom. The van der Waals surface area contributed by atoms with E-state index in [0.29, 0.717) is 23.8 Å². The van der Waals surface area contributed by atoms with Crippen molar-refractivity contribution < 1.29 is 14.2 Å². The Balaban J connectivity index is 1.16. The molecule has 3 aromatic heterocycles. The molecule has 35 heavy (non-hydrogen) atoms. The maximum atomic E-state index is 6.38. The summed E-state index contributed by atoms with van der Waals surface area (Å²) in [6, 6.07) is 8.66. The summed E-state index contributed by atoms with van der Waals surface area (Å²) < 4.78 is 19.5. The Hall–Kier alpha value is -3.17. The standard InChI is InChI=1S/C26H32N6O3/c1-2-21(1)32-17-23(26(31-32)18-5-11-33-12-6-18)35-22-4-10-28-25(16-22)30-20-3-9-27-24(15-20)29-19-7-13-34-14-8-19/h3-4,9-10,15-19,21H,1-2,5-8,11-14H2,(H2,27,28,29,30). The van der Waals surface area contributed by atoms with Crippen LogP contribution in [0.25, 0.3) is 0 Å². The fraction of sp³-hybridized carbons (Fsp3) is 0.500. The lowest BCUT2D eigenvalue weighted by atomic mass is 9.96. The van der Waals surface area contributed by atoms with Crippen molar-refractivity contribution in [3.63, 3.8) is 0 Å². The Bertz CT molecular complexity index is 1140. The number of pyridine rings is 2. The van der Waals surface area contributed by atoms with Gasteiger partial charge in [0, 0.05) is 68.6 Å². The van der Waals surface area contributed by atoms with Crippen LogP contribution in [-0.2, 0) is 9.47 Å². The molecule has 2 saturated heterocycles. The van der Waals surface area contributed by atoms with Gasteiger partial charge in [0.15, 0.2) is 5.75 Å². The molecule has 6 rings (SSSR count). The number of ether oxygens (including phenoxy) is 3. The summed E-state index contributed by atoms with van der Waals surface area (Å²) in [4.78, 5) is 8.96. The highest BCUT2D eigenvalue weighted by Gasteiger charge is 2.29. The normalized spacial score (nSPS) is 19.4. The molecule has 9 heteroatoms. The highest BCUT2D eigenvalue weighted by molar-refractivity contribution is 5.61. The molecule has 0 unspecified atom stereocenters. The molecule has 0 aromatic carbocycles. The Morgan fingerprint density at radius 2 is 1.60 bits per heavy atom. The minimum atomic E-state index is 0.372. The maximum Gasteiger partial charge on any atom is 0.168 e. The molecule has 1 aliphatic carbocycles. The summed E-state index contributed by atoms with van der Waals surface area (Å²) >= 11 is 0. The fourth-order valence-corrected chi connectivity index (χ4v) is 4.70. The van der Waals surface area contributed by atoms with Crippen LogP contribution in [0, 0.1) is 0 Å². The minimum Gasteiger partial charge on any atom is -0.454 e. The summed E-state index contributed by atoms with van der Waals surface area (Å²) in [5, 5.41) is 11.8. The van der Waals surface area contributed by atoms with Crippen LogP contribution in [0.1, 0.15) is 56.2 Å². The molecule has 3 aliphatic rings. The van der Waals surface area contributed by atoms with Crippen molar-refractivity contribution in [3.8, 4) is 11.5 Å². The van der Waals surface area contributed by atoms with Crippen molar-refractivity contribution >= 4 is 17.3 Å². The molecule has 3 fully saturated rings. The zero-order chi connectivity index (χ0) is 23.5. The van der Waals surface area contributed by atoms with Crippen molar-refractivity contribution in [2.75, 3.05) is 37.1 Å². The van der Waals surface area contributed by atoms with E-state index in [1.165, 1.54) is 12.8 Å². The third-order valence-electron chi connectivity index (χ3n) is 6.82. The molecule has 3 aromatic rings. The van der Waals surface area contributed by atoms with E-state index in [-0.39, 0.29) is 0 Å². The lowest BCUT2D eigenvalue weighted by Gasteiger charge is -2.23. The monoisotopic (exact) mass is 476 g/mol. The van der Waals surface area contributed by atoms with Gasteiger partial charge in [0.2, 0.25) is 0 Å². The number of hydrogen-bond donors (Lipinski definition) is 2. The molecule has 2 aliphatic heterocycles. The number of anilines is 3. The molecule has 0 spiro atoms. The van der Waals surface area contributed by atoms with Crippen molar-refractivity contribution in [2.24, 2.45) is 0 Å². The van der Waals surface area contributed by atoms with Gasteiger partial charge >= 0.3 is 0 Å². The quantitative estimate of drug-likeness (QED) is 0.467. The second-order valence-corrected chi connectivity index (χ2v) is 9.54. The number of nitrogens with zero attached hydrogens (tertiary/aromatic N) is 4. The first-order valence-electron chi connectivity index (χ1n) is 12.7. The van der Waals surface area contributed by atoms with Crippen molar-refractivity contribution in [1.29, 1.82) is 0 Å². The molecule has 184 valence electrons. The summed E-state index contributed by atoms with van der Waals surface area (Å²) in [5.41, 5.74) is 1.97. The Morgan fingerprint density at radius 1 is 0.857 bits per heavy atom. The van der Waals surface area contributed by atoms with E-state index < -0.39 is 0 Å². The predicted octanol–water partition coefficient (Wildman–Crippen LogP) is 5.03. The molecule has 0 atom stereocenters. The Kier molecular flexibility index (Phi) is 6.51. The van der Waals surface area contributed by atoms with Crippen LogP contribution in [0.2, 0.25) is 0 Å². The second kappa shape index (κ2) is 10.2. The van der Waals surface area contributed by atoms with Crippen LogP contribution in [0.3, 0.4) is 0 Å². The van der Waals surface area contributed by atoms with Crippen LogP contribution in [0.15, 0.2) is 42.9 Å². The van der Waals surface area contributed by atoms with E-state index in [0.717, 1.165) is 80.8 Å². The zero-order valence-electron chi connectivity index (χ0n) is 19.9. The van der Waals surface area contributed by atoms with Crippen LogP contribution in [0.5, 0.6) is 11.5 Å². The molecular weight excluding hydrogens is 444 g/mol. The SMILES string of the molecule is c1cc(Oc2cn(C3CC3)nc2C2CCOCC2)cc(Nc2ccnc(NC3CCOCC3)c2)n1. The first kappa shape index (κ1) is 22.3. The first-order valence-corrected chi connectivity index (χ1v) is 12.7. The van der Waals surface area contributed by atoms with Gasteiger partial charge in [-0.3, -0.25) is 4.68 Å². The molecular formula is C26H32N6O3.